The molecule has 0 aliphatic rings. The van der Waals surface area contributed by atoms with Gasteiger partial charge in [0.2, 0.25) is 5.95 Å². The molecule has 198 valence electrons. The van der Waals surface area contributed by atoms with Gasteiger partial charge in [-0.15, -0.1) is 10.2 Å². The number of anilines is 3. The zero-order valence-corrected chi connectivity index (χ0v) is 20.9. The summed E-state index contributed by atoms with van der Waals surface area (Å²) >= 11 is 0. The van der Waals surface area contributed by atoms with Gasteiger partial charge in [-0.3, -0.25) is 14.1 Å². The van der Waals surface area contributed by atoms with Crippen LogP contribution in [0.4, 0.5) is 28.7 Å². The third-order valence-corrected chi connectivity index (χ3v) is 6.87. The Morgan fingerprint density at radius 3 is 2.39 bits per heavy atom. The first-order valence-corrected chi connectivity index (χ1v) is 13.4. The molecule has 7 N–H and O–H groups in total. The number of nitrogens with zero attached hydrogens (tertiary/aromatic N) is 4. The Hall–Kier alpha value is -4.45. The predicted octanol–water partition coefficient (Wildman–Crippen LogP) is 2.82. The second-order valence-electron chi connectivity index (χ2n) is 7.78. The summed E-state index contributed by atoms with van der Waals surface area (Å²) in [6.45, 7) is 1.76. The van der Waals surface area contributed by atoms with Crippen molar-refractivity contribution in [3.63, 3.8) is 0 Å². The maximum Gasteiger partial charge on any atom is 0.349 e. The summed E-state index contributed by atoms with van der Waals surface area (Å²) in [6.07, 6.45) is 0.409. The maximum atomic E-state index is 12.1. The van der Waals surface area contributed by atoms with E-state index in [1.165, 1.54) is 24.3 Å². The molecule has 3 aromatic carbocycles. The molecule has 0 bridgehead atoms. The number of nitrogens with one attached hydrogen (secondary N) is 2. The number of aromatic amines is 1. The molecule has 4 rings (SSSR count). The third kappa shape index (κ3) is 5.59. The van der Waals surface area contributed by atoms with Crippen LogP contribution < -0.4 is 16.7 Å². The van der Waals surface area contributed by atoms with Gasteiger partial charge in [0.05, 0.1) is 16.0 Å². The molecular formula is C21H19N7O8S2. The number of fused-ring (bicyclic) bond motifs is 1. The SMILES string of the molecule is CCc1nc(Nc2ccc(N=Nc3c(N)ccc4cc(S(=O)(=O)O)cc(O)c34)c(S(=O)(=O)O)c2)nc(=O)[nH]1. The van der Waals surface area contributed by atoms with Gasteiger partial charge in [0, 0.05) is 18.2 Å². The van der Waals surface area contributed by atoms with E-state index in [2.05, 4.69) is 30.5 Å². The lowest BCUT2D eigenvalue weighted by Crippen LogP contribution is -2.17. The van der Waals surface area contributed by atoms with Crippen LogP contribution in [0, 0.1) is 0 Å². The van der Waals surface area contributed by atoms with Crippen molar-refractivity contribution in [3.05, 3.63) is 58.8 Å². The molecule has 0 unspecified atom stereocenters. The van der Waals surface area contributed by atoms with Gasteiger partial charge < -0.3 is 16.2 Å². The van der Waals surface area contributed by atoms with Crippen LogP contribution >= 0.6 is 0 Å². The van der Waals surface area contributed by atoms with E-state index < -0.39 is 41.5 Å². The molecular weight excluding hydrogens is 542 g/mol. The fourth-order valence-electron chi connectivity index (χ4n) is 3.44. The van der Waals surface area contributed by atoms with Crippen molar-refractivity contribution in [2.75, 3.05) is 11.1 Å². The normalized spacial score (nSPS) is 12.3. The highest BCUT2D eigenvalue weighted by molar-refractivity contribution is 7.86. The number of nitrogens with two attached hydrogens (primary N) is 1. The van der Waals surface area contributed by atoms with Crippen LogP contribution in [0.3, 0.4) is 0 Å². The number of aryl methyl sites for hydroxylation is 1. The Labute approximate surface area is 214 Å². The quantitative estimate of drug-likeness (QED) is 0.108. The number of phenols is 1. The number of aromatic hydroxyl groups is 1. The van der Waals surface area contributed by atoms with E-state index in [0.717, 1.165) is 18.2 Å². The Bertz CT molecular complexity index is 1890. The topological polar surface area (TPSA) is 250 Å². The van der Waals surface area contributed by atoms with Crippen molar-refractivity contribution in [3.8, 4) is 5.75 Å². The Morgan fingerprint density at radius 2 is 1.74 bits per heavy atom. The van der Waals surface area contributed by atoms with Gasteiger partial charge in [-0.05, 0) is 35.7 Å². The Morgan fingerprint density at radius 1 is 1.00 bits per heavy atom. The van der Waals surface area contributed by atoms with Gasteiger partial charge in [0.15, 0.2) is 0 Å². The van der Waals surface area contributed by atoms with Gasteiger partial charge in [-0.1, -0.05) is 13.0 Å². The molecule has 0 aliphatic carbocycles. The van der Waals surface area contributed by atoms with E-state index in [-0.39, 0.29) is 39.5 Å². The Kier molecular flexibility index (Phi) is 6.85. The van der Waals surface area contributed by atoms with Crippen molar-refractivity contribution < 1.29 is 31.0 Å². The zero-order valence-electron chi connectivity index (χ0n) is 19.3. The monoisotopic (exact) mass is 561 g/mol. The van der Waals surface area contributed by atoms with Crippen LogP contribution in [0.1, 0.15) is 12.7 Å². The molecule has 1 heterocycles. The summed E-state index contributed by atoms with van der Waals surface area (Å²) in [4.78, 5) is 20.6. The first-order valence-electron chi connectivity index (χ1n) is 10.6. The number of aromatic nitrogens is 3. The van der Waals surface area contributed by atoms with E-state index in [1.807, 2.05) is 0 Å². The van der Waals surface area contributed by atoms with Crippen LogP contribution in [0.2, 0.25) is 0 Å². The number of phenolic OH excluding ortho intramolecular Hbond substituents is 1. The average Bonchev–Trinajstić information content (AvgIpc) is 2.82. The lowest BCUT2D eigenvalue weighted by Gasteiger charge is -2.10. The second-order valence-corrected chi connectivity index (χ2v) is 10.6. The first kappa shape index (κ1) is 26.6. The van der Waals surface area contributed by atoms with E-state index in [0.29, 0.717) is 12.2 Å². The van der Waals surface area contributed by atoms with Crippen LogP contribution in [0.5, 0.6) is 5.75 Å². The van der Waals surface area contributed by atoms with Gasteiger partial charge in [0.1, 0.15) is 27.8 Å². The molecule has 0 saturated heterocycles. The molecule has 4 aromatic rings. The van der Waals surface area contributed by atoms with Gasteiger partial charge in [0.25, 0.3) is 20.2 Å². The highest BCUT2D eigenvalue weighted by Gasteiger charge is 2.19. The summed E-state index contributed by atoms with van der Waals surface area (Å²) in [7, 11) is -9.46. The summed E-state index contributed by atoms with van der Waals surface area (Å²) in [6, 6.07) is 8.16. The minimum atomic E-state index is -4.83. The minimum Gasteiger partial charge on any atom is -0.507 e. The lowest BCUT2D eigenvalue weighted by molar-refractivity contribution is 0.471. The van der Waals surface area contributed by atoms with Gasteiger partial charge >= 0.3 is 5.69 Å². The number of hydrogen-bond donors (Lipinski definition) is 6. The van der Waals surface area contributed by atoms with Gasteiger partial charge in [-0.25, -0.2) is 4.79 Å². The highest BCUT2D eigenvalue weighted by Crippen LogP contribution is 2.41. The zero-order chi connectivity index (χ0) is 27.8. The molecule has 0 aliphatic heterocycles. The number of nitrogen functional groups attached to an aromatic ring is 1. The molecule has 15 nitrogen and oxygen atoms in total. The first-order chi connectivity index (χ1) is 17.8. The fraction of sp³-hybridized carbons (Fsp3) is 0.0952. The molecule has 0 amide bonds. The smallest absolute Gasteiger partial charge is 0.349 e. The number of H-pyrrole nitrogens is 1. The third-order valence-electron chi connectivity index (χ3n) is 5.16. The van der Waals surface area contributed by atoms with Crippen LogP contribution in [0.15, 0.2) is 67.3 Å². The van der Waals surface area contributed by atoms with Crippen LogP contribution in [-0.2, 0) is 26.7 Å². The lowest BCUT2D eigenvalue weighted by atomic mass is 10.1. The molecule has 1 aromatic heterocycles. The molecule has 38 heavy (non-hydrogen) atoms. The minimum absolute atomic E-state index is 0.000949. The largest absolute Gasteiger partial charge is 0.507 e. The number of rotatable bonds is 7. The van der Waals surface area contributed by atoms with Crippen molar-refractivity contribution in [2.45, 2.75) is 23.1 Å². The Balaban J connectivity index is 1.79. The second kappa shape index (κ2) is 9.78. The van der Waals surface area contributed by atoms with E-state index in [9.17, 15) is 35.8 Å². The summed E-state index contributed by atoms with van der Waals surface area (Å²) in [5.41, 5.74) is 4.95. The van der Waals surface area contributed by atoms with E-state index in [1.54, 1.807) is 6.92 Å². The highest BCUT2D eigenvalue weighted by atomic mass is 32.2. The standard InChI is InChI=1S/C21H19N7O8S2/c1-2-17-24-20(26-21(30)25-17)23-11-4-6-14(16(8-11)38(34,35)36)27-28-19-13(22)5-3-10-7-12(37(31,32)33)9-15(29)18(10)19/h3-9,29H,2,22H2,1H3,(H,31,32,33)(H,34,35,36)(H2,23,24,25,26,30). The van der Waals surface area contributed by atoms with Crippen LogP contribution in [-0.4, -0.2) is 46.0 Å². The van der Waals surface area contributed by atoms with Gasteiger partial charge in [-0.2, -0.15) is 26.8 Å². The van der Waals surface area contributed by atoms with Crippen molar-refractivity contribution in [1.29, 1.82) is 0 Å². The van der Waals surface area contributed by atoms with Crippen LogP contribution in [0.25, 0.3) is 10.8 Å². The van der Waals surface area contributed by atoms with Crippen molar-refractivity contribution in [1.82, 2.24) is 15.0 Å². The van der Waals surface area contributed by atoms with E-state index in [4.69, 9.17) is 5.73 Å². The molecule has 0 atom stereocenters. The maximum absolute atomic E-state index is 12.1. The average molecular weight is 562 g/mol. The molecule has 0 fully saturated rings. The van der Waals surface area contributed by atoms with Crippen molar-refractivity contribution in [2.24, 2.45) is 10.2 Å². The number of benzene rings is 3. The van der Waals surface area contributed by atoms with Crippen molar-refractivity contribution >= 4 is 59.7 Å². The summed E-state index contributed by atoms with van der Waals surface area (Å²) < 4.78 is 66.2. The number of hydrogen-bond acceptors (Lipinski definition) is 12. The predicted molar refractivity (Wildman–Crippen MR) is 136 cm³/mol. The summed E-state index contributed by atoms with van der Waals surface area (Å²) in [5, 5.41) is 21.0. The number of azo groups is 1. The molecule has 0 spiro atoms. The molecule has 0 radical (unpaired) electrons. The molecule has 0 saturated carbocycles. The molecule has 17 heteroatoms. The summed E-state index contributed by atoms with van der Waals surface area (Å²) in [5.74, 6) is -0.354. The fourth-order valence-corrected chi connectivity index (χ4v) is 4.62. The van der Waals surface area contributed by atoms with E-state index >= 15 is 0 Å².